The van der Waals surface area contributed by atoms with E-state index in [1.807, 2.05) is 40.9 Å². The predicted octanol–water partition coefficient (Wildman–Crippen LogP) is 9.45. The second-order valence-electron chi connectivity index (χ2n) is 9.03. The summed E-state index contributed by atoms with van der Waals surface area (Å²) in [6, 6.07) is 28.9. The van der Waals surface area contributed by atoms with Crippen molar-refractivity contribution in [3.05, 3.63) is 102 Å². The molecule has 1 radical (unpaired) electrons. The number of pyridine rings is 1. The minimum Gasteiger partial charge on any atom is -0.512 e. The van der Waals surface area contributed by atoms with Gasteiger partial charge >= 0.3 is 0 Å². The van der Waals surface area contributed by atoms with Gasteiger partial charge in [-0.15, -0.1) is 58.6 Å². The monoisotopic (exact) mass is 713 g/mol. The third-order valence-electron chi connectivity index (χ3n) is 6.12. The van der Waals surface area contributed by atoms with Crippen LogP contribution in [0.3, 0.4) is 0 Å². The predicted molar refractivity (Wildman–Crippen MR) is 159 cm³/mol. The van der Waals surface area contributed by atoms with Crippen molar-refractivity contribution in [2.45, 2.75) is 27.7 Å². The topological polar surface area (TPSA) is 50.2 Å². The number of nitrogens with zero attached hydrogens (tertiary/aromatic N) is 1. The number of benzene rings is 3. The molecule has 0 bridgehead atoms. The fourth-order valence-corrected chi connectivity index (χ4v) is 6.97. The van der Waals surface area contributed by atoms with Crippen molar-refractivity contribution in [2.75, 3.05) is 0 Å². The maximum Gasteiger partial charge on any atom is 0.155 e. The van der Waals surface area contributed by atoms with Crippen molar-refractivity contribution in [3.8, 4) is 21.7 Å². The molecule has 1 N–H and O–H groups in total. The Labute approximate surface area is 243 Å². The molecule has 3 heterocycles. The molecule has 6 heteroatoms. The summed E-state index contributed by atoms with van der Waals surface area (Å²) >= 11 is 3.73. The fourth-order valence-electron chi connectivity index (χ4n) is 4.61. The number of ketones is 1. The summed E-state index contributed by atoms with van der Waals surface area (Å²) in [6.45, 7) is 7.35. The van der Waals surface area contributed by atoms with Gasteiger partial charge in [0, 0.05) is 51.2 Å². The number of hydrogen-bond donors (Lipinski definition) is 1. The van der Waals surface area contributed by atoms with E-state index in [1.165, 1.54) is 66.4 Å². The number of aromatic nitrogens is 1. The van der Waals surface area contributed by atoms with E-state index in [-0.39, 0.29) is 31.6 Å². The van der Waals surface area contributed by atoms with Crippen LogP contribution in [0.25, 0.3) is 52.1 Å². The van der Waals surface area contributed by atoms with E-state index < -0.39 is 0 Å². The van der Waals surface area contributed by atoms with Crippen molar-refractivity contribution >= 4 is 58.8 Å². The Balaban J connectivity index is 0.000000375. The van der Waals surface area contributed by atoms with Gasteiger partial charge in [0.2, 0.25) is 0 Å². The van der Waals surface area contributed by atoms with Crippen LogP contribution in [0.4, 0.5) is 0 Å². The Bertz CT molecular complexity index is 1800. The minimum atomic E-state index is -0.125. The average molecular weight is 713 g/mol. The van der Waals surface area contributed by atoms with Gasteiger partial charge in [0.1, 0.15) is 0 Å². The molecule has 3 aromatic carbocycles. The molecule has 193 valence electrons. The Morgan fingerprint density at radius 2 is 1.68 bits per heavy atom. The number of aliphatic hydroxyl groups is 1. The molecule has 0 aliphatic rings. The summed E-state index contributed by atoms with van der Waals surface area (Å²) in [5, 5.41) is 11.1. The molecular weight excluding hydrogens is 687 g/mol. The van der Waals surface area contributed by atoms with E-state index in [0.29, 0.717) is 0 Å². The van der Waals surface area contributed by atoms with E-state index in [9.17, 15) is 4.79 Å². The number of thiophene rings is 2. The second-order valence-corrected chi connectivity index (χ2v) is 11.2. The van der Waals surface area contributed by atoms with Gasteiger partial charge in [0.15, 0.2) is 5.78 Å². The minimum absolute atomic E-state index is 0. The molecule has 3 aromatic heterocycles. The van der Waals surface area contributed by atoms with Gasteiger partial charge in [0.25, 0.3) is 0 Å². The van der Waals surface area contributed by atoms with E-state index in [2.05, 4.69) is 74.5 Å². The molecule has 0 spiro atoms. The summed E-state index contributed by atoms with van der Waals surface area (Å²) in [7, 11) is 0. The molecule has 0 atom stereocenters. The molecule has 0 fully saturated rings. The van der Waals surface area contributed by atoms with Crippen LogP contribution >= 0.6 is 22.7 Å². The Hall–Kier alpha value is -3.15. The van der Waals surface area contributed by atoms with Gasteiger partial charge in [-0.25, -0.2) is 0 Å². The molecule has 0 saturated heterocycles. The SMILES string of the molecule is CC(=O)/C=C(/C)O.Cc1cc2c(sc3ccccc32)c(C)c1-c1cc2nc(-c3[c-]cccc3)ccc2s1.[Ir]. The Morgan fingerprint density at radius 1 is 0.921 bits per heavy atom. The van der Waals surface area contributed by atoms with Crippen molar-refractivity contribution in [1.82, 2.24) is 4.98 Å². The van der Waals surface area contributed by atoms with Crippen LogP contribution in [-0.2, 0) is 24.9 Å². The summed E-state index contributed by atoms with van der Waals surface area (Å²) in [5.41, 5.74) is 7.11. The van der Waals surface area contributed by atoms with Crippen molar-refractivity contribution < 1.29 is 30.0 Å². The van der Waals surface area contributed by atoms with Crippen LogP contribution < -0.4 is 0 Å². The first kappa shape index (κ1) is 27.9. The van der Waals surface area contributed by atoms with E-state index in [4.69, 9.17) is 10.1 Å². The normalized spacial score (nSPS) is 11.3. The van der Waals surface area contributed by atoms with E-state index in [0.717, 1.165) is 16.8 Å². The Morgan fingerprint density at radius 3 is 2.37 bits per heavy atom. The second kappa shape index (κ2) is 11.7. The molecule has 38 heavy (non-hydrogen) atoms. The van der Waals surface area contributed by atoms with Crippen molar-refractivity contribution in [2.24, 2.45) is 0 Å². The third-order valence-corrected chi connectivity index (χ3v) is 8.54. The third kappa shape index (κ3) is 5.64. The number of carbonyl (C=O) groups excluding carboxylic acids is 1. The molecule has 0 saturated carbocycles. The Kier molecular flexibility index (Phi) is 8.59. The van der Waals surface area contributed by atoms with Crippen LogP contribution in [0, 0.1) is 19.9 Å². The number of fused-ring (bicyclic) bond motifs is 4. The van der Waals surface area contributed by atoms with Crippen LogP contribution in [0.2, 0.25) is 0 Å². The van der Waals surface area contributed by atoms with Crippen LogP contribution in [0.15, 0.2) is 84.6 Å². The van der Waals surface area contributed by atoms with Gasteiger partial charge < -0.3 is 5.11 Å². The zero-order chi connectivity index (χ0) is 26.1. The zero-order valence-corrected chi connectivity index (χ0v) is 25.5. The average Bonchev–Trinajstić information content (AvgIpc) is 3.45. The first-order valence-corrected chi connectivity index (χ1v) is 13.6. The maximum atomic E-state index is 10.0. The molecule has 0 unspecified atom stereocenters. The standard InChI is InChI=1S/C27H18NS2.C5H8O2.Ir/c1-16-14-20-19-10-6-7-11-23(19)30-27(20)17(2)26(16)25-15-22-24(29-25)13-12-21(28-22)18-8-4-3-5-9-18;1-4(6)3-5(2)7;/h3-8,10-15H,1-2H3;3,6H,1-2H3;/q-1;;/b;4-3-;. The summed E-state index contributed by atoms with van der Waals surface area (Å²) in [4.78, 5) is 16.2. The molecule has 6 rings (SSSR count). The van der Waals surface area contributed by atoms with Crippen molar-refractivity contribution in [1.29, 1.82) is 0 Å². The largest absolute Gasteiger partial charge is 0.512 e. The van der Waals surface area contributed by atoms with Gasteiger partial charge in [-0.1, -0.05) is 24.3 Å². The number of hydrogen-bond acceptors (Lipinski definition) is 5. The molecule has 3 nitrogen and oxygen atoms in total. The summed E-state index contributed by atoms with van der Waals surface area (Å²) in [6.07, 6.45) is 1.17. The van der Waals surface area contributed by atoms with E-state index >= 15 is 0 Å². The number of aliphatic hydroxyl groups excluding tert-OH is 1. The summed E-state index contributed by atoms with van der Waals surface area (Å²) < 4.78 is 3.97. The smallest absolute Gasteiger partial charge is 0.155 e. The number of aryl methyl sites for hydroxylation is 2. The number of allylic oxidation sites excluding steroid dienone is 2. The van der Waals surface area contributed by atoms with Gasteiger partial charge in [-0.2, -0.15) is 0 Å². The van der Waals surface area contributed by atoms with Gasteiger partial charge in [-0.05, 0) is 74.3 Å². The zero-order valence-electron chi connectivity index (χ0n) is 21.5. The van der Waals surface area contributed by atoms with Gasteiger partial charge in [0.05, 0.1) is 16.0 Å². The van der Waals surface area contributed by atoms with Crippen LogP contribution in [-0.4, -0.2) is 15.9 Å². The molecule has 6 aromatic rings. The fraction of sp³-hybridized carbons (Fsp3) is 0.125. The van der Waals surface area contributed by atoms with E-state index in [1.54, 1.807) is 0 Å². The quantitative estimate of drug-likeness (QED) is 0.113. The van der Waals surface area contributed by atoms with Crippen molar-refractivity contribution in [3.63, 3.8) is 0 Å². The maximum absolute atomic E-state index is 10.0. The first-order chi connectivity index (χ1) is 17.8. The number of rotatable bonds is 3. The molecule has 0 aliphatic carbocycles. The van der Waals surface area contributed by atoms with Crippen LogP contribution in [0.1, 0.15) is 25.0 Å². The van der Waals surface area contributed by atoms with Gasteiger partial charge in [-0.3, -0.25) is 9.78 Å². The molecule has 0 amide bonds. The first-order valence-electron chi connectivity index (χ1n) is 12.0. The van der Waals surface area contributed by atoms with Crippen LogP contribution in [0.5, 0.6) is 0 Å². The summed E-state index contributed by atoms with van der Waals surface area (Å²) in [5.74, 6) is -0.0625. The molecular formula is C32H26IrNO2S2-. The molecule has 0 aliphatic heterocycles. The number of carbonyl (C=O) groups is 1.